The Kier molecular flexibility index (Phi) is 6.62. The number of carbonyl (C=O) groups excluding carboxylic acids is 1. The van der Waals surface area contributed by atoms with E-state index in [1.165, 1.54) is 37.7 Å². The van der Waals surface area contributed by atoms with Crippen molar-refractivity contribution in [3.8, 4) is 5.75 Å². The molecule has 0 bridgehead atoms. The number of benzene rings is 1. The molecule has 3 saturated heterocycles. The van der Waals surface area contributed by atoms with Gasteiger partial charge in [-0.05, 0) is 62.4 Å². The minimum Gasteiger partial charge on any atom is -0.485 e. The lowest BCUT2D eigenvalue weighted by atomic mass is 9.90. The molecule has 3 aliphatic heterocycles. The highest BCUT2D eigenvalue weighted by Crippen LogP contribution is 2.32. The number of hydrogen-bond donors (Lipinski definition) is 3. The van der Waals surface area contributed by atoms with E-state index in [0.717, 1.165) is 31.7 Å². The third-order valence-electron chi connectivity index (χ3n) is 7.22. The SMILES string of the molecule is O=C(NC1CCCCC1)N[C@H]1CO[C@H]2[C@@H]1OC[C@@H]2Oc1cccc(C2CCNCC2)c1. The summed E-state index contributed by atoms with van der Waals surface area (Å²) in [7, 11) is 0. The lowest BCUT2D eigenvalue weighted by Crippen LogP contribution is -2.51. The van der Waals surface area contributed by atoms with Crippen LogP contribution in [0.3, 0.4) is 0 Å². The summed E-state index contributed by atoms with van der Waals surface area (Å²) in [4.78, 5) is 12.4. The van der Waals surface area contributed by atoms with E-state index in [2.05, 4.69) is 34.1 Å². The molecule has 0 spiro atoms. The molecule has 3 heterocycles. The van der Waals surface area contributed by atoms with Gasteiger partial charge < -0.3 is 30.2 Å². The van der Waals surface area contributed by atoms with Crippen molar-refractivity contribution >= 4 is 6.03 Å². The first-order chi connectivity index (χ1) is 15.3. The van der Waals surface area contributed by atoms with E-state index in [1.807, 2.05) is 6.07 Å². The predicted molar refractivity (Wildman–Crippen MR) is 118 cm³/mol. The van der Waals surface area contributed by atoms with Crippen LogP contribution in [0.5, 0.6) is 5.75 Å². The van der Waals surface area contributed by atoms with Crippen molar-refractivity contribution < 1.29 is 19.0 Å². The number of piperidine rings is 1. The lowest BCUT2D eigenvalue weighted by Gasteiger charge is -2.25. The first-order valence-corrected chi connectivity index (χ1v) is 12.0. The summed E-state index contributed by atoms with van der Waals surface area (Å²) < 4.78 is 18.3. The zero-order valence-corrected chi connectivity index (χ0v) is 18.2. The van der Waals surface area contributed by atoms with Gasteiger partial charge in [0.25, 0.3) is 0 Å². The predicted octanol–water partition coefficient (Wildman–Crippen LogP) is 2.70. The van der Waals surface area contributed by atoms with E-state index in [4.69, 9.17) is 14.2 Å². The Morgan fingerprint density at radius 1 is 0.968 bits per heavy atom. The summed E-state index contributed by atoms with van der Waals surface area (Å²) in [5, 5.41) is 9.61. The smallest absolute Gasteiger partial charge is 0.315 e. The van der Waals surface area contributed by atoms with E-state index in [1.54, 1.807) is 0 Å². The summed E-state index contributed by atoms with van der Waals surface area (Å²) in [6, 6.07) is 8.52. The quantitative estimate of drug-likeness (QED) is 0.671. The number of nitrogens with one attached hydrogen (secondary N) is 3. The van der Waals surface area contributed by atoms with Crippen molar-refractivity contribution in [2.45, 2.75) is 81.3 Å². The molecule has 1 saturated carbocycles. The summed E-state index contributed by atoms with van der Waals surface area (Å²) >= 11 is 0. The first-order valence-electron chi connectivity index (χ1n) is 12.0. The van der Waals surface area contributed by atoms with Gasteiger partial charge in [0.15, 0.2) is 6.10 Å². The number of carbonyl (C=O) groups is 1. The van der Waals surface area contributed by atoms with Crippen molar-refractivity contribution in [3.05, 3.63) is 29.8 Å². The van der Waals surface area contributed by atoms with Gasteiger partial charge in [-0.1, -0.05) is 31.4 Å². The number of fused-ring (bicyclic) bond motifs is 1. The number of hydrogen-bond acceptors (Lipinski definition) is 5. The van der Waals surface area contributed by atoms with Crippen molar-refractivity contribution in [2.24, 2.45) is 0 Å². The number of urea groups is 1. The maximum atomic E-state index is 12.4. The first kappa shape index (κ1) is 21.0. The second-order valence-electron chi connectivity index (χ2n) is 9.41. The molecule has 3 N–H and O–H groups in total. The molecule has 4 atom stereocenters. The van der Waals surface area contributed by atoms with E-state index in [9.17, 15) is 4.79 Å². The van der Waals surface area contributed by atoms with E-state index in [-0.39, 0.29) is 30.4 Å². The fourth-order valence-corrected chi connectivity index (χ4v) is 5.50. The van der Waals surface area contributed by atoms with E-state index >= 15 is 0 Å². The van der Waals surface area contributed by atoms with Crippen LogP contribution >= 0.6 is 0 Å². The van der Waals surface area contributed by atoms with E-state index in [0.29, 0.717) is 25.2 Å². The van der Waals surface area contributed by atoms with Gasteiger partial charge in [0.05, 0.1) is 19.3 Å². The van der Waals surface area contributed by atoms with Crippen molar-refractivity contribution in [2.75, 3.05) is 26.3 Å². The second kappa shape index (κ2) is 9.76. The maximum Gasteiger partial charge on any atom is 0.315 e. The van der Waals surface area contributed by atoms with Crippen LogP contribution in [0.25, 0.3) is 0 Å². The number of rotatable bonds is 5. The van der Waals surface area contributed by atoms with Gasteiger partial charge in [0.2, 0.25) is 0 Å². The largest absolute Gasteiger partial charge is 0.485 e. The molecule has 31 heavy (non-hydrogen) atoms. The minimum atomic E-state index is -0.158. The summed E-state index contributed by atoms with van der Waals surface area (Å²) in [6.07, 6.45) is 7.69. The number of amides is 2. The van der Waals surface area contributed by atoms with Crippen LogP contribution in [0, 0.1) is 0 Å². The Labute approximate surface area is 184 Å². The molecule has 1 aromatic carbocycles. The monoisotopic (exact) mass is 429 g/mol. The summed E-state index contributed by atoms with van der Waals surface area (Å²) in [5.41, 5.74) is 1.35. The maximum absolute atomic E-state index is 12.4. The molecule has 0 radical (unpaired) electrons. The fraction of sp³-hybridized carbons (Fsp3) is 0.708. The van der Waals surface area contributed by atoms with Crippen molar-refractivity contribution in [3.63, 3.8) is 0 Å². The highest BCUT2D eigenvalue weighted by atomic mass is 16.6. The zero-order valence-electron chi connectivity index (χ0n) is 18.2. The highest BCUT2D eigenvalue weighted by Gasteiger charge is 2.49. The lowest BCUT2D eigenvalue weighted by molar-refractivity contribution is 0.0303. The molecule has 1 aliphatic carbocycles. The molecule has 170 valence electrons. The third-order valence-corrected chi connectivity index (χ3v) is 7.22. The molecular weight excluding hydrogens is 394 g/mol. The van der Waals surface area contributed by atoms with Crippen molar-refractivity contribution in [1.82, 2.24) is 16.0 Å². The minimum absolute atomic E-state index is 0.108. The van der Waals surface area contributed by atoms with Crippen LogP contribution in [0.15, 0.2) is 24.3 Å². The molecule has 7 heteroatoms. The Morgan fingerprint density at radius 3 is 2.61 bits per heavy atom. The fourth-order valence-electron chi connectivity index (χ4n) is 5.50. The molecule has 2 amide bonds. The van der Waals surface area contributed by atoms with Crippen LogP contribution in [0.2, 0.25) is 0 Å². The van der Waals surface area contributed by atoms with Gasteiger partial charge in [0, 0.05) is 6.04 Å². The van der Waals surface area contributed by atoms with Gasteiger partial charge in [-0.25, -0.2) is 4.79 Å². The zero-order chi connectivity index (χ0) is 21.0. The molecule has 7 nitrogen and oxygen atoms in total. The summed E-state index contributed by atoms with van der Waals surface area (Å²) in [6.45, 7) is 3.09. The van der Waals surface area contributed by atoms with E-state index < -0.39 is 0 Å². The molecule has 4 aliphatic rings. The Balaban J connectivity index is 1.14. The van der Waals surface area contributed by atoms with Gasteiger partial charge in [-0.15, -0.1) is 0 Å². The van der Waals surface area contributed by atoms with Crippen LogP contribution in [-0.4, -0.2) is 62.7 Å². The topological polar surface area (TPSA) is 80.9 Å². The van der Waals surface area contributed by atoms with Gasteiger partial charge >= 0.3 is 6.03 Å². The van der Waals surface area contributed by atoms with Crippen LogP contribution in [0.4, 0.5) is 4.79 Å². The second-order valence-corrected chi connectivity index (χ2v) is 9.41. The standard InChI is InChI=1S/C24H35N3O4/c28-24(26-18-6-2-1-3-7-18)27-20-14-29-23-21(15-30-22(20)23)31-19-8-4-5-17(13-19)16-9-11-25-12-10-16/h4-5,8,13,16,18,20-23,25H,1-3,6-7,9-12,14-15H2,(H2,26,27,28)/t20-,21-,22+,23+/m0/s1. The Hall–Kier alpha value is -1.83. The molecule has 0 aromatic heterocycles. The molecular formula is C24H35N3O4. The molecule has 4 fully saturated rings. The van der Waals surface area contributed by atoms with Crippen LogP contribution in [-0.2, 0) is 9.47 Å². The van der Waals surface area contributed by atoms with Crippen LogP contribution < -0.4 is 20.7 Å². The Bertz CT molecular complexity index is 748. The molecule has 0 unspecified atom stereocenters. The van der Waals surface area contributed by atoms with Gasteiger partial charge in [-0.3, -0.25) is 0 Å². The number of ether oxygens (including phenoxy) is 3. The van der Waals surface area contributed by atoms with Crippen LogP contribution in [0.1, 0.15) is 56.4 Å². The normalized spacial score (nSPS) is 31.9. The summed E-state index contributed by atoms with van der Waals surface area (Å²) in [5.74, 6) is 1.47. The van der Waals surface area contributed by atoms with Gasteiger partial charge in [-0.2, -0.15) is 0 Å². The average Bonchev–Trinajstić information content (AvgIpc) is 3.39. The average molecular weight is 430 g/mol. The molecule has 5 rings (SSSR count). The Morgan fingerprint density at radius 2 is 1.77 bits per heavy atom. The highest BCUT2D eigenvalue weighted by molar-refractivity contribution is 5.74. The third kappa shape index (κ3) is 4.99. The molecule has 1 aromatic rings. The van der Waals surface area contributed by atoms with Crippen molar-refractivity contribution in [1.29, 1.82) is 0 Å². The van der Waals surface area contributed by atoms with Gasteiger partial charge in [0.1, 0.15) is 18.0 Å².